The quantitative estimate of drug-likeness (QED) is 0.148. The first-order valence-electron chi connectivity index (χ1n) is 14.3. The molecule has 30 heavy (non-hydrogen) atoms. The lowest BCUT2D eigenvalue weighted by molar-refractivity contribution is 0.251. The third-order valence-electron chi connectivity index (χ3n) is 7.73. The van der Waals surface area contributed by atoms with Crippen molar-refractivity contribution in [3.05, 3.63) is 0 Å². The summed E-state index contributed by atoms with van der Waals surface area (Å²) in [6.07, 6.45) is 32.2. The van der Waals surface area contributed by atoms with E-state index in [0.29, 0.717) is 0 Å². The van der Waals surface area contributed by atoms with Gasteiger partial charge in [0.25, 0.3) is 0 Å². The van der Waals surface area contributed by atoms with E-state index in [0.717, 1.165) is 17.9 Å². The zero-order valence-electron chi connectivity index (χ0n) is 21.7. The fourth-order valence-electron chi connectivity index (χ4n) is 5.34. The molecule has 0 bridgehead atoms. The standard InChI is InChI=1S/C29H59N/c1-5-7-9-11-14-18-22-27-26-28(27)23-19-15-13-17-21-25-29(30(3)4)24-20-16-12-10-8-6-2/h27-29H,5-26H2,1-4H3. The molecule has 3 unspecified atom stereocenters. The molecule has 0 saturated heterocycles. The van der Waals surface area contributed by atoms with Crippen molar-refractivity contribution >= 4 is 0 Å². The average Bonchev–Trinajstić information content (AvgIpc) is 3.48. The van der Waals surface area contributed by atoms with E-state index in [1.54, 1.807) is 19.3 Å². The minimum atomic E-state index is 0.824. The van der Waals surface area contributed by atoms with Gasteiger partial charge in [-0.15, -0.1) is 0 Å². The predicted molar refractivity (Wildman–Crippen MR) is 137 cm³/mol. The molecule has 3 atom stereocenters. The van der Waals surface area contributed by atoms with Gasteiger partial charge in [0.15, 0.2) is 0 Å². The Morgan fingerprint density at radius 1 is 0.533 bits per heavy atom. The topological polar surface area (TPSA) is 3.24 Å². The predicted octanol–water partition coefficient (Wildman–Crippen LogP) is 9.78. The van der Waals surface area contributed by atoms with Gasteiger partial charge in [-0.05, 0) is 45.2 Å². The summed E-state index contributed by atoms with van der Waals surface area (Å²) in [5, 5.41) is 0. The molecule has 0 aromatic carbocycles. The Morgan fingerprint density at radius 3 is 1.30 bits per heavy atom. The van der Waals surface area contributed by atoms with E-state index in [9.17, 15) is 0 Å². The SMILES string of the molecule is CCCCCCCCC1CC1CCCCCCCC(CCCCCCCC)N(C)C. The van der Waals surface area contributed by atoms with Crippen LogP contribution in [0.2, 0.25) is 0 Å². The molecule has 1 saturated carbocycles. The Morgan fingerprint density at radius 2 is 0.900 bits per heavy atom. The normalized spacial score (nSPS) is 19.5. The Hall–Kier alpha value is -0.0400. The third kappa shape index (κ3) is 15.7. The lowest BCUT2D eigenvalue weighted by Gasteiger charge is -2.24. The van der Waals surface area contributed by atoms with Crippen LogP contribution in [0.15, 0.2) is 0 Å². The molecule has 0 aromatic heterocycles. The van der Waals surface area contributed by atoms with Crippen LogP contribution in [0.4, 0.5) is 0 Å². The smallest absolute Gasteiger partial charge is 0.00891 e. The fraction of sp³-hybridized carbons (Fsp3) is 1.00. The van der Waals surface area contributed by atoms with Crippen LogP contribution in [0.3, 0.4) is 0 Å². The van der Waals surface area contributed by atoms with Gasteiger partial charge in [-0.2, -0.15) is 0 Å². The van der Waals surface area contributed by atoms with Crippen molar-refractivity contribution in [3.8, 4) is 0 Å². The van der Waals surface area contributed by atoms with Crippen LogP contribution >= 0.6 is 0 Å². The highest BCUT2D eigenvalue weighted by Gasteiger charge is 2.34. The van der Waals surface area contributed by atoms with Crippen molar-refractivity contribution in [1.29, 1.82) is 0 Å². The molecular weight excluding hydrogens is 362 g/mol. The van der Waals surface area contributed by atoms with E-state index in [1.165, 1.54) is 122 Å². The van der Waals surface area contributed by atoms with E-state index in [-0.39, 0.29) is 0 Å². The maximum Gasteiger partial charge on any atom is 0.00891 e. The second-order valence-electron chi connectivity index (χ2n) is 10.8. The monoisotopic (exact) mass is 421 g/mol. The first-order chi connectivity index (χ1) is 14.7. The average molecular weight is 422 g/mol. The number of hydrogen-bond donors (Lipinski definition) is 0. The van der Waals surface area contributed by atoms with Crippen LogP contribution in [0.5, 0.6) is 0 Å². The van der Waals surface area contributed by atoms with Crippen LogP contribution in [0, 0.1) is 11.8 Å². The van der Waals surface area contributed by atoms with Gasteiger partial charge in [-0.1, -0.05) is 136 Å². The van der Waals surface area contributed by atoms with Gasteiger partial charge in [-0.25, -0.2) is 0 Å². The first kappa shape index (κ1) is 28.0. The van der Waals surface area contributed by atoms with Crippen molar-refractivity contribution < 1.29 is 0 Å². The minimum Gasteiger partial charge on any atom is -0.306 e. The van der Waals surface area contributed by atoms with Gasteiger partial charge in [0.2, 0.25) is 0 Å². The van der Waals surface area contributed by atoms with Gasteiger partial charge in [-0.3, -0.25) is 0 Å². The molecule has 0 heterocycles. The largest absolute Gasteiger partial charge is 0.306 e. The second-order valence-corrected chi connectivity index (χ2v) is 10.8. The highest BCUT2D eigenvalue weighted by atomic mass is 15.1. The number of rotatable bonds is 23. The molecule has 1 heteroatoms. The molecule has 1 rings (SSSR count). The van der Waals surface area contributed by atoms with Crippen molar-refractivity contribution in [3.63, 3.8) is 0 Å². The van der Waals surface area contributed by atoms with Crippen molar-refractivity contribution in [2.24, 2.45) is 11.8 Å². The Balaban J connectivity index is 1.87. The molecule has 0 N–H and O–H groups in total. The summed E-state index contributed by atoms with van der Waals surface area (Å²) in [6.45, 7) is 4.62. The molecule has 0 spiro atoms. The summed E-state index contributed by atoms with van der Waals surface area (Å²) in [6, 6.07) is 0.824. The Bertz CT molecular complexity index is 350. The molecular formula is C29H59N. The van der Waals surface area contributed by atoms with Crippen molar-refractivity contribution in [2.75, 3.05) is 14.1 Å². The molecule has 1 nitrogen and oxygen atoms in total. The van der Waals surface area contributed by atoms with E-state index in [2.05, 4.69) is 32.8 Å². The fourth-order valence-corrected chi connectivity index (χ4v) is 5.34. The Labute approximate surface area is 192 Å². The second kappa shape index (κ2) is 19.6. The van der Waals surface area contributed by atoms with Gasteiger partial charge in [0.1, 0.15) is 0 Å². The number of nitrogens with zero attached hydrogens (tertiary/aromatic N) is 1. The van der Waals surface area contributed by atoms with Gasteiger partial charge < -0.3 is 4.90 Å². The molecule has 180 valence electrons. The van der Waals surface area contributed by atoms with E-state index in [4.69, 9.17) is 0 Å². The van der Waals surface area contributed by atoms with Crippen LogP contribution in [0.25, 0.3) is 0 Å². The minimum absolute atomic E-state index is 0.824. The molecule has 0 amide bonds. The summed E-state index contributed by atoms with van der Waals surface area (Å²) in [5.74, 6) is 2.25. The third-order valence-corrected chi connectivity index (χ3v) is 7.73. The summed E-state index contributed by atoms with van der Waals surface area (Å²) < 4.78 is 0. The first-order valence-corrected chi connectivity index (χ1v) is 14.3. The van der Waals surface area contributed by atoms with Crippen LogP contribution in [-0.2, 0) is 0 Å². The number of hydrogen-bond acceptors (Lipinski definition) is 1. The molecule has 1 fully saturated rings. The molecule has 0 aromatic rings. The molecule has 0 radical (unpaired) electrons. The summed E-state index contributed by atoms with van der Waals surface area (Å²) in [7, 11) is 4.58. The molecule has 1 aliphatic rings. The van der Waals surface area contributed by atoms with Gasteiger partial charge in [0, 0.05) is 6.04 Å². The van der Waals surface area contributed by atoms with Gasteiger partial charge in [0.05, 0.1) is 0 Å². The molecule has 0 aliphatic heterocycles. The lowest BCUT2D eigenvalue weighted by Crippen LogP contribution is -2.27. The van der Waals surface area contributed by atoms with Crippen LogP contribution in [-0.4, -0.2) is 25.0 Å². The zero-order chi connectivity index (χ0) is 21.9. The number of unbranched alkanes of at least 4 members (excludes halogenated alkanes) is 14. The van der Waals surface area contributed by atoms with E-state index >= 15 is 0 Å². The van der Waals surface area contributed by atoms with Crippen LogP contribution < -0.4 is 0 Å². The van der Waals surface area contributed by atoms with Gasteiger partial charge >= 0.3 is 0 Å². The highest BCUT2D eigenvalue weighted by molar-refractivity contribution is 4.85. The maximum atomic E-state index is 2.49. The van der Waals surface area contributed by atoms with E-state index < -0.39 is 0 Å². The summed E-state index contributed by atoms with van der Waals surface area (Å²) in [5.41, 5.74) is 0. The summed E-state index contributed by atoms with van der Waals surface area (Å²) >= 11 is 0. The van der Waals surface area contributed by atoms with Crippen molar-refractivity contribution in [2.45, 2.75) is 161 Å². The molecule has 1 aliphatic carbocycles. The van der Waals surface area contributed by atoms with Crippen LogP contribution in [0.1, 0.15) is 155 Å². The Kier molecular flexibility index (Phi) is 18.3. The zero-order valence-corrected chi connectivity index (χ0v) is 21.7. The lowest BCUT2D eigenvalue weighted by atomic mass is 9.99. The summed E-state index contributed by atoms with van der Waals surface area (Å²) in [4.78, 5) is 2.49. The highest BCUT2D eigenvalue weighted by Crippen LogP contribution is 2.45. The maximum absolute atomic E-state index is 2.49. The van der Waals surface area contributed by atoms with E-state index in [1.807, 2.05) is 0 Å². The van der Waals surface area contributed by atoms with Crippen molar-refractivity contribution in [1.82, 2.24) is 4.90 Å².